The van der Waals surface area contributed by atoms with E-state index >= 15 is 0 Å². The second-order valence-electron chi connectivity index (χ2n) is 4.13. The molecule has 0 aliphatic rings. The van der Waals surface area contributed by atoms with E-state index in [1.165, 1.54) is 11.3 Å². The van der Waals surface area contributed by atoms with E-state index in [4.69, 9.17) is 16.3 Å². The first-order valence-electron chi connectivity index (χ1n) is 6.00. The highest BCUT2D eigenvalue weighted by atomic mass is 35.5. The summed E-state index contributed by atoms with van der Waals surface area (Å²) in [5, 5.41) is 3.88. The van der Waals surface area contributed by atoms with Crippen LogP contribution in [0.5, 0.6) is 5.75 Å². The second-order valence-corrected chi connectivity index (χ2v) is 5.84. The third kappa shape index (κ3) is 2.19. The van der Waals surface area contributed by atoms with E-state index in [9.17, 15) is 0 Å². The molecule has 1 aromatic carbocycles. The zero-order valence-electron chi connectivity index (χ0n) is 11.0. The molecule has 1 N–H and O–H groups in total. The van der Waals surface area contributed by atoms with Gasteiger partial charge in [0.1, 0.15) is 11.3 Å². The molecule has 0 amide bonds. The third-order valence-electron chi connectivity index (χ3n) is 3.00. The quantitative estimate of drug-likeness (QED) is 0.792. The maximum absolute atomic E-state index is 6.02. The molecule has 0 atom stereocenters. The van der Waals surface area contributed by atoms with Crippen LogP contribution in [-0.4, -0.2) is 24.1 Å². The van der Waals surface area contributed by atoms with E-state index in [2.05, 4.69) is 15.3 Å². The zero-order chi connectivity index (χ0) is 14.1. The van der Waals surface area contributed by atoms with Crippen LogP contribution in [-0.2, 0) is 0 Å². The number of anilines is 1. The van der Waals surface area contributed by atoms with Crippen LogP contribution in [0.15, 0.2) is 30.5 Å². The maximum atomic E-state index is 6.02. The summed E-state index contributed by atoms with van der Waals surface area (Å²) in [5.74, 6) is 1.29. The second kappa shape index (κ2) is 5.26. The standard InChI is InChI=1S/C14H12ClN3OS/c1-16-14-17-7-9-8(11-5-6-12(15)20-11)3-4-10(19-2)13(9)18-14/h3-7H,1-2H3,(H,16,17,18). The Hall–Kier alpha value is -1.85. The van der Waals surface area contributed by atoms with Crippen LogP contribution in [0.2, 0.25) is 4.34 Å². The SMILES string of the molecule is CNc1ncc2c(-c3ccc(Cl)s3)ccc(OC)c2n1. The van der Waals surface area contributed by atoms with Crippen molar-refractivity contribution in [2.45, 2.75) is 0 Å². The van der Waals surface area contributed by atoms with Crippen molar-refractivity contribution in [3.63, 3.8) is 0 Å². The van der Waals surface area contributed by atoms with E-state index in [0.29, 0.717) is 5.95 Å². The van der Waals surface area contributed by atoms with Gasteiger partial charge in [-0.1, -0.05) is 11.6 Å². The largest absolute Gasteiger partial charge is 0.494 e. The molecule has 4 nitrogen and oxygen atoms in total. The Morgan fingerprint density at radius 1 is 1.25 bits per heavy atom. The Bertz CT molecular complexity index is 772. The number of methoxy groups -OCH3 is 1. The Balaban J connectivity index is 2.29. The van der Waals surface area contributed by atoms with Gasteiger partial charge in [-0.25, -0.2) is 9.97 Å². The fraction of sp³-hybridized carbons (Fsp3) is 0.143. The van der Waals surface area contributed by atoms with Gasteiger partial charge in [0.2, 0.25) is 5.95 Å². The van der Waals surface area contributed by atoms with Gasteiger partial charge in [0.25, 0.3) is 0 Å². The molecule has 0 aliphatic carbocycles. The molecule has 0 bridgehead atoms. The number of hydrogen-bond acceptors (Lipinski definition) is 5. The molecule has 0 saturated carbocycles. The number of aromatic nitrogens is 2. The van der Waals surface area contributed by atoms with Crippen molar-refractivity contribution in [3.8, 4) is 16.2 Å². The van der Waals surface area contributed by atoms with Crippen molar-refractivity contribution in [1.82, 2.24) is 9.97 Å². The van der Waals surface area contributed by atoms with E-state index in [0.717, 1.165) is 31.4 Å². The average molecular weight is 306 g/mol. The zero-order valence-corrected chi connectivity index (χ0v) is 12.5. The first-order chi connectivity index (χ1) is 9.72. The highest BCUT2D eigenvalue weighted by molar-refractivity contribution is 7.19. The minimum absolute atomic E-state index is 0.567. The summed E-state index contributed by atoms with van der Waals surface area (Å²) in [6.45, 7) is 0. The van der Waals surface area contributed by atoms with Crippen molar-refractivity contribution in [3.05, 3.63) is 34.8 Å². The van der Waals surface area contributed by atoms with Gasteiger partial charge in [-0.2, -0.15) is 0 Å². The predicted molar refractivity (Wildman–Crippen MR) is 84.0 cm³/mol. The monoisotopic (exact) mass is 305 g/mol. The Labute approximate surface area is 125 Å². The molecule has 2 heterocycles. The summed E-state index contributed by atoms with van der Waals surface area (Å²) >= 11 is 7.55. The average Bonchev–Trinajstić information content (AvgIpc) is 2.91. The van der Waals surface area contributed by atoms with Gasteiger partial charge in [-0.05, 0) is 24.3 Å². The number of hydrogen-bond donors (Lipinski definition) is 1. The number of ether oxygens (including phenoxy) is 1. The highest BCUT2D eigenvalue weighted by Gasteiger charge is 2.12. The van der Waals surface area contributed by atoms with Gasteiger partial charge in [-0.3, -0.25) is 0 Å². The first-order valence-corrected chi connectivity index (χ1v) is 7.19. The third-order valence-corrected chi connectivity index (χ3v) is 4.26. The number of rotatable bonds is 3. The minimum atomic E-state index is 0.567. The van der Waals surface area contributed by atoms with E-state index < -0.39 is 0 Å². The summed E-state index contributed by atoms with van der Waals surface area (Å²) in [7, 11) is 3.42. The van der Waals surface area contributed by atoms with Crippen LogP contribution in [0.25, 0.3) is 21.3 Å². The molecule has 0 aliphatic heterocycles. The summed E-state index contributed by atoms with van der Waals surface area (Å²) in [4.78, 5) is 9.86. The Morgan fingerprint density at radius 2 is 2.10 bits per heavy atom. The molecule has 0 saturated heterocycles. The molecule has 0 spiro atoms. The maximum Gasteiger partial charge on any atom is 0.223 e. The van der Waals surface area contributed by atoms with Crippen molar-refractivity contribution in [1.29, 1.82) is 0 Å². The lowest BCUT2D eigenvalue weighted by molar-refractivity contribution is 0.419. The number of fused-ring (bicyclic) bond motifs is 1. The Morgan fingerprint density at radius 3 is 2.75 bits per heavy atom. The lowest BCUT2D eigenvalue weighted by atomic mass is 10.1. The van der Waals surface area contributed by atoms with Crippen LogP contribution >= 0.6 is 22.9 Å². The molecule has 0 radical (unpaired) electrons. The molecule has 2 aromatic heterocycles. The summed E-state index contributed by atoms with van der Waals surface area (Å²) < 4.78 is 6.14. The van der Waals surface area contributed by atoms with Gasteiger partial charge in [0.05, 0.1) is 11.4 Å². The molecule has 6 heteroatoms. The van der Waals surface area contributed by atoms with Crippen molar-refractivity contribution in [2.75, 3.05) is 19.5 Å². The number of nitrogens with one attached hydrogen (secondary N) is 1. The van der Waals surface area contributed by atoms with Crippen LogP contribution in [0, 0.1) is 0 Å². The molecular formula is C14H12ClN3OS. The van der Waals surface area contributed by atoms with E-state index in [-0.39, 0.29) is 0 Å². The molecule has 3 aromatic rings. The van der Waals surface area contributed by atoms with Gasteiger partial charge < -0.3 is 10.1 Å². The van der Waals surface area contributed by atoms with E-state index in [1.807, 2.05) is 24.3 Å². The number of thiophene rings is 1. The molecule has 0 fully saturated rings. The topological polar surface area (TPSA) is 47.0 Å². The smallest absolute Gasteiger partial charge is 0.223 e. The van der Waals surface area contributed by atoms with Gasteiger partial charge in [-0.15, -0.1) is 11.3 Å². The van der Waals surface area contributed by atoms with Gasteiger partial charge >= 0.3 is 0 Å². The molecule has 102 valence electrons. The van der Waals surface area contributed by atoms with Gasteiger partial charge in [0, 0.05) is 29.1 Å². The predicted octanol–water partition coefficient (Wildman–Crippen LogP) is 4.06. The minimum Gasteiger partial charge on any atom is -0.494 e. The molecule has 3 rings (SSSR count). The molecule has 0 unspecified atom stereocenters. The molecule has 20 heavy (non-hydrogen) atoms. The molecular weight excluding hydrogens is 294 g/mol. The van der Waals surface area contributed by atoms with Crippen LogP contribution in [0.1, 0.15) is 0 Å². The van der Waals surface area contributed by atoms with Crippen LogP contribution in [0.3, 0.4) is 0 Å². The number of benzene rings is 1. The van der Waals surface area contributed by atoms with Crippen molar-refractivity contribution >= 4 is 39.8 Å². The lowest BCUT2D eigenvalue weighted by Crippen LogP contribution is -1.98. The van der Waals surface area contributed by atoms with E-state index in [1.54, 1.807) is 20.4 Å². The normalized spacial score (nSPS) is 10.8. The van der Waals surface area contributed by atoms with Gasteiger partial charge in [0.15, 0.2) is 0 Å². The lowest BCUT2D eigenvalue weighted by Gasteiger charge is -2.09. The van der Waals surface area contributed by atoms with Crippen molar-refractivity contribution < 1.29 is 4.74 Å². The summed E-state index contributed by atoms with van der Waals surface area (Å²) in [6.07, 6.45) is 1.81. The fourth-order valence-corrected chi connectivity index (χ4v) is 3.14. The number of halogens is 1. The highest BCUT2D eigenvalue weighted by Crippen LogP contribution is 2.37. The first kappa shape index (κ1) is 13.1. The van der Waals surface area contributed by atoms with Crippen LogP contribution < -0.4 is 10.1 Å². The van der Waals surface area contributed by atoms with Crippen molar-refractivity contribution in [2.24, 2.45) is 0 Å². The Kier molecular flexibility index (Phi) is 3.46. The van der Waals surface area contributed by atoms with Crippen LogP contribution in [0.4, 0.5) is 5.95 Å². The fourth-order valence-electron chi connectivity index (χ4n) is 2.05. The summed E-state index contributed by atoms with van der Waals surface area (Å²) in [6, 6.07) is 7.81. The number of nitrogens with zero attached hydrogens (tertiary/aromatic N) is 2. The summed E-state index contributed by atoms with van der Waals surface area (Å²) in [5.41, 5.74) is 1.84.